The van der Waals surface area contributed by atoms with Gasteiger partial charge in [0, 0.05) is 31.8 Å². The average molecular weight is 627 g/mol. The van der Waals surface area contributed by atoms with Crippen molar-refractivity contribution in [1.29, 1.82) is 0 Å². The molecule has 9 nitrogen and oxygen atoms in total. The number of ether oxygens (including phenoxy) is 2. The van der Waals surface area contributed by atoms with Gasteiger partial charge in [-0.25, -0.2) is 4.79 Å². The molecule has 256 valence electrons. The molecule has 2 rings (SSSR count). The van der Waals surface area contributed by atoms with E-state index in [9.17, 15) is 35.1 Å². The molecule has 0 aromatic carbocycles. The average Bonchev–Trinajstić information content (AvgIpc) is 3.55. The van der Waals surface area contributed by atoms with E-state index in [1.807, 2.05) is 0 Å². The second-order valence-electron chi connectivity index (χ2n) is 13.4. The van der Waals surface area contributed by atoms with E-state index < -0.39 is 36.2 Å². The zero-order valence-electron chi connectivity index (χ0n) is 27.5. The number of rotatable bonds is 26. The molecule has 0 amide bonds. The van der Waals surface area contributed by atoms with Crippen molar-refractivity contribution in [3.05, 3.63) is 11.6 Å². The Labute approximate surface area is 265 Å². The molecule has 2 aliphatic heterocycles. The minimum atomic E-state index is -1.64. The Kier molecular flexibility index (Phi) is 18.9. The first-order valence-corrected chi connectivity index (χ1v) is 17.6. The normalized spacial score (nSPS) is 24.6. The Morgan fingerprint density at radius 2 is 1.32 bits per heavy atom. The Morgan fingerprint density at radius 3 is 1.86 bits per heavy atom. The molecule has 0 aromatic heterocycles. The molecule has 0 saturated carbocycles. The number of carbonyl (C=O) groups excluding carboxylic acids is 2. The molecule has 7 unspecified atom stereocenters. The van der Waals surface area contributed by atoms with Crippen molar-refractivity contribution in [1.82, 2.24) is 0 Å². The summed E-state index contributed by atoms with van der Waals surface area (Å²) in [6, 6.07) is 0. The number of ketones is 1. The third-order valence-corrected chi connectivity index (χ3v) is 9.00. The zero-order valence-corrected chi connectivity index (χ0v) is 27.5. The molecule has 9 heteroatoms. The molecular weight excluding hydrogens is 564 g/mol. The van der Waals surface area contributed by atoms with Gasteiger partial charge in [-0.05, 0) is 57.4 Å². The number of carbonyl (C=O) groups is 2. The number of unbranched alkanes of at least 4 members (excludes halogenated alkanes) is 10. The van der Waals surface area contributed by atoms with Gasteiger partial charge in [0.2, 0.25) is 5.79 Å². The van der Waals surface area contributed by atoms with Crippen molar-refractivity contribution >= 4 is 11.8 Å². The standard InChI is InChI=1S/C35H62O9/c1-3-4-5-6-7-8-9-10-11-12-19-30(39)32-21-22-33(43-32)31(40)20-14-13-16-28(37)24-29(38)18-15-17-27(36)23-26-25-35(2,42)44-34(26)41/h25,27,29-33,36,38-40,42H,3-24H2,1-2H3. The number of hydrogen-bond donors (Lipinski definition) is 5. The SMILES string of the molecule is CCCCCCCCCCCCC(O)C1CCC(C(O)CCCCC(=O)CC(O)CCCC(O)CC2=CC(C)(O)OC2=O)O1. The van der Waals surface area contributed by atoms with Crippen molar-refractivity contribution in [3.63, 3.8) is 0 Å². The highest BCUT2D eigenvalue weighted by Crippen LogP contribution is 2.29. The summed E-state index contributed by atoms with van der Waals surface area (Å²) in [5, 5.41) is 51.3. The Bertz CT molecular complexity index is 842. The van der Waals surface area contributed by atoms with Gasteiger partial charge in [-0.1, -0.05) is 77.6 Å². The first-order valence-electron chi connectivity index (χ1n) is 17.6. The fraction of sp³-hybridized carbons (Fsp3) is 0.886. The summed E-state index contributed by atoms with van der Waals surface area (Å²) in [7, 11) is 0. The molecule has 44 heavy (non-hydrogen) atoms. The van der Waals surface area contributed by atoms with E-state index in [-0.39, 0.29) is 36.4 Å². The predicted molar refractivity (Wildman–Crippen MR) is 170 cm³/mol. The van der Waals surface area contributed by atoms with Crippen LogP contribution >= 0.6 is 0 Å². The third kappa shape index (κ3) is 16.3. The van der Waals surface area contributed by atoms with Gasteiger partial charge in [0.15, 0.2) is 0 Å². The molecule has 0 aromatic rings. The molecule has 2 aliphatic rings. The van der Waals surface area contributed by atoms with Crippen LogP contribution in [0.1, 0.15) is 155 Å². The van der Waals surface area contributed by atoms with Crippen LogP contribution in [0.2, 0.25) is 0 Å². The lowest BCUT2D eigenvalue weighted by molar-refractivity contribution is -0.173. The van der Waals surface area contributed by atoms with Gasteiger partial charge in [-0.15, -0.1) is 0 Å². The van der Waals surface area contributed by atoms with Gasteiger partial charge in [0.25, 0.3) is 0 Å². The highest BCUT2D eigenvalue weighted by Gasteiger charge is 2.35. The van der Waals surface area contributed by atoms with E-state index in [0.29, 0.717) is 44.9 Å². The second-order valence-corrected chi connectivity index (χ2v) is 13.4. The molecule has 1 saturated heterocycles. The van der Waals surface area contributed by atoms with Crippen molar-refractivity contribution in [2.24, 2.45) is 0 Å². The summed E-state index contributed by atoms with van der Waals surface area (Å²) in [6.07, 6.45) is 16.6. The van der Waals surface area contributed by atoms with E-state index >= 15 is 0 Å². The topological polar surface area (TPSA) is 154 Å². The van der Waals surface area contributed by atoms with Crippen LogP contribution in [0, 0.1) is 0 Å². The fourth-order valence-corrected chi connectivity index (χ4v) is 6.36. The highest BCUT2D eigenvalue weighted by molar-refractivity contribution is 5.91. The molecule has 0 spiro atoms. The lowest BCUT2D eigenvalue weighted by Gasteiger charge is -2.22. The van der Waals surface area contributed by atoms with Crippen LogP contribution in [0.25, 0.3) is 0 Å². The van der Waals surface area contributed by atoms with Crippen LogP contribution in [0.5, 0.6) is 0 Å². The number of Topliss-reactive ketones (excluding diaryl/α,β-unsaturated/α-hetero) is 1. The number of esters is 1. The summed E-state index contributed by atoms with van der Waals surface area (Å²) in [5.41, 5.74) is 0.236. The van der Waals surface area contributed by atoms with E-state index in [0.717, 1.165) is 32.1 Å². The smallest absolute Gasteiger partial charge is 0.336 e. The maximum absolute atomic E-state index is 12.3. The number of hydrogen-bond acceptors (Lipinski definition) is 9. The lowest BCUT2D eigenvalue weighted by Crippen LogP contribution is -2.31. The van der Waals surface area contributed by atoms with Crippen LogP contribution in [-0.4, -0.2) is 79.7 Å². The van der Waals surface area contributed by atoms with Crippen molar-refractivity contribution < 1.29 is 44.6 Å². The van der Waals surface area contributed by atoms with Crippen LogP contribution < -0.4 is 0 Å². The first-order chi connectivity index (χ1) is 21.0. The van der Waals surface area contributed by atoms with E-state index in [4.69, 9.17) is 9.47 Å². The second kappa shape index (κ2) is 21.4. The van der Waals surface area contributed by atoms with Gasteiger partial charge < -0.3 is 35.0 Å². The van der Waals surface area contributed by atoms with Crippen molar-refractivity contribution in [2.45, 2.75) is 198 Å². The van der Waals surface area contributed by atoms with Crippen molar-refractivity contribution in [3.8, 4) is 0 Å². The molecule has 5 N–H and O–H groups in total. The Balaban J connectivity index is 1.46. The van der Waals surface area contributed by atoms with Gasteiger partial charge >= 0.3 is 5.97 Å². The number of aliphatic hydroxyl groups is 5. The minimum absolute atomic E-state index is 0.0269. The summed E-state index contributed by atoms with van der Waals surface area (Å²) in [5.74, 6) is -2.30. The van der Waals surface area contributed by atoms with Crippen molar-refractivity contribution in [2.75, 3.05) is 0 Å². The first kappa shape index (κ1) is 38.8. The van der Waals surface area contributed by atoms with Crippen LogP contribution in [0.3, 0.4) is 0 Å². The quantitative estimate of drug-likeness (QED) is 0.0613. The van der Waals surface area contributed by atoms with Crippen LogP contribution in [0.15, 0.2) is 11.6 Å². The predicted octanol–water partition coefficient (Wildman–Crippen LogP) is 5.56. The molecule has 0 radical (unpaired) electrons. The third-order valence-electron chi connectivity index (χ3n) is 9.00. The van der Waals surface area contributed by atoms with E-state index in [1.165, 1.54) is 64.4 Å². The minimum Gasteiger partial charge on any atom is -0.426 e. The highest BCUT2D eigenvalue weighted by atomic mass is 16.7. The maximum Gasteiger partial charge on any atom is 0.336 e. The maximum atomic E-state index is 12.3. The zero-order chi connectivity index (χ0) is 32.4. The summed E-state index contributed by atoms with van der Waals surface area (Å²) >= 11 is 0. The van der Waals surface area contributed by atoms with Gasteiger partial charge in [-0.3, -0.25) is 4.79 Å². The summed E-state index contributed by atoms with van der Waals surface area (Å²) in [6.45, 7) is 3.59. The number of cyclic esters (lactones) is 1. The number of aliphatic hydroxyl groups excluding tert-OH is 4. The Morgan fingerprint density at radius 1 is 0.795 bits per heavy atom. The lowest BCUT2D eigenvalue weighted by atomic mass is 9.98. The molecule has 0 aliphatic carbocycles. The molecule has 1 fully saturated rings. The van der Waals surface area contributed by atoms with Crippen LogP contribution in [-0.2, 0) is 19.1 Å². The Hall–Kier alpha value is -1.36. The molecule has 7 atom stereocenters. The van der Waals surface area contributed by atoms with Crippen LogP contribution in [0.4, 0.5) is 0 Å². The fourth-order valence-electron chi connectivity index (χ4n) is 6.36. The molecule has 0 bridgehead atoms. The van der Waals surface area contributed by atoms with Gasteiger partial charge in [0.05, 0.1) is 36.6 Å². The summed E-state index contributed by atoms with van der Waals surface area (Å²) < 4.78 is 10.8. The monoisotopic (exact) mass is 626 g/mol. The van der Waals surface area contributed by atoms with E-state index in [1.54, 1.807) is 0 Å². The largest absolute Gasteiger partial charge is 0.426 e. The molecular formula is C35H62O9. The summed E-state index contributed by atoms with van der Waals surface area (Å²) in [4.78, 5) is 24.0. The molecule has 2 heterocycles. The van der Waals surface area contributed by atoms with Gasteiger partial charge in [0.1, 0.15) is 5.78 Å². The van der Waals surface area contributed by atoms with E-state index in [2.05, 4.69) is 6.92 Å². The van der Waals surface area contributed by atoms with Gasteiger partial charge in [-0.2, -0.15) is 0 Å².